The summed E-state index contributed by atoms with van der Waals surface area (Å²) in [5.74, 6) is 0.727. The van der Waals surface area contributed by atoms with Crippen molar-refractivity contribution in [2.45, 2.75) is 31.0 Å². The van der Waals surface area contributed by atoms with E-state index in [0.717, 1.165) is 33.3 Å². The number of benzene rings is 2. The van der Waals surface area contributed by atoms with Gasteiger partial charge in [-0.3, -0.25) is 4.90 Å². The van der Waals surface area contributed by atoms with Crippen LogP contribution >= 0.6 is 11.6 Å². The molecule has 182 valence electrons. The molecule has 0 saturated carbocycles. The first-order chi connectivity index (χ1) is 15.4. The normalized spacial score (nSPS) is 17.2. The van der Waals surface area contributed by atoms with Crippen molar-refractivity contribution in [2.75, 3.05) is 39.3 Å². The maximum atomic E-state index is 13.0. The van der Waals surface area contributed by atoms with Gasteiger partial charge in [-0.1, -0.05) is 29.8 Å². The van der Waals surface area contributed by atoms with Gasteiger partial charge in [-0.25, -0.2) is 8.42 Å². The third kappa shape index (κ3) is 6.19. The number of ether oxygens (including phenoxy) is 1. The maximum Gasteiger partial charge on any atom is 0.416 e. The number of aryl methyl sites for hydroxylation is 2. The van der Waals surface area contributed by atoms with Gasteiger partial charge in [-0.15, -0.1) is 0 Å². The number of para-hydroxylation sites is 1. The Balaban J connectivity index is 1.58. The van der Waals surface area contributed by atoms with Gasteiger partial charge >= 0.3 is 6.18 Å². The van der Waals surface area contributed by atoms with Crippen LogP contribution in [0.4, 0.5) is 13.2 Å². The summed E-state index contributed by atoms with van der Waals surface area (Å²) in [6.45, 7) is 4.98. The molecule has 0 amide bonds. The molecule has 0 aromatic heterocycles. The first-order valence-corrected chi connectivity index (χ1v) is 12.2. The fourth-order valence-electron chi connectivity index (χ4n) is 3.73. The van der Waals surface area contributed by atoms with Crippen molar-refractivity contribution < 1.29 is 31.4 Å². The van der Waals surface area contributed by atoms with Gasteiger partial charge in [-0.2, -0.15) is 17.5 Å². The van der Waals surface area contributed by atoms with Gasteiger partial charge in [0.2, 0.25) is 10.0 Å². The van der Waals surface area contributed by atoms with Crippen LogP contribution in [0.3, 0.4) is 0 Å². The fourth-order valence-corrected chi connectivity index (χ4v) is 5.65. The Bertz CT molecular complexity index is 1070. The smallest absolute Gasteiger partial charge is 0.416 e. The molecule has 1 aliphatic heterocycles. The molecule has 1 aliphatic rings. The molecule has 1 fully saturated rings. The van der Waals surface area contributed by atoms with E-state index in [9.17, 15) is 26.7 Å². The molecular formula is C22H26ClF3N2O4S. The predicted molar refractivity (Wildman–Crippen MR) is 119 cm³/mol. The van der Waals surface area contributed by atoms with Crippen LogP contribution in [0.15, 0.2) is 41.3 Å². The lowest BCUT2D eigenvalue weighted by Crippen LogP contribution is -2.50. The molecule has 0 aliphatic carbocycles. The second-order valence-electron chi connectivity index (χ2n) is 8.03. The molecule has 1 N–H and O–H groups in total. The molecule has 0 unspecified atom stereocenters. The zero-order valence-corrected chi connectivity index (χ0v) is 19.8. The minimum absolute atomic E-state index is 0.0688. The van der Waals surface area contributed by atoms with Crippen LogP contribution in [-0.4, -0.2) is 68.2 Å². The molecule has 0 radical (unpaired) electrons. The quantitative estimate of drug-likeness (QED) is 0.620. The van der Waals surface area contributed by atoms with Crippen LogP contribution < -0.4 is 4.74 Å². The molecule has 1 saturated heterocycles. The Morgan fingerprint density at radius 3 is 2.27 bits per heavy atom. The second-order valence-corrected chi connectivity index (χ2v) is 10.3. The standard InChI is InChI=1S/C22H26ClF3N2O4S/c1-15-4-3-5-16(2)21(15)32-14-18(29)13-27-8-10-28(11-9-27)33(30,31)20-12-17(22(24,25)26)6-7-19(20)23/h3-7,12,18,29H,8-11,13-14H2,1-2H3/t18-/m1/s1. The van der Waals surface area contributed by atoms with E-state index in [0.29, 0.717) is 19.2 Å². The lowest BCUT2D eigenvalue weighted by Gasteiger charge is -2.35. The highest BCUT2D eigenvalue weighted by atomic mass is 35.5. The molecule has 1 heterocycles. The second kappa shape index (κ2) is 10.2. The van der Waals surface area contributed by atoms with Crippen LogP contribution in [-0.2, 0) is 16.2 Å². The zero-order chi connectivity index (χ0) is 24.4. The summed E-state index contributed by atoms with van der Waals surface area (Å²) in [6, 6.07) is 8.03. The summed E-state index contributed by atoms with van der Waals surface area (Å²) in [7, 11) is -4.20. The summed E-state index contributed by atoms with van der Waals surface area (Å²) >= 11 is 5.92. The van der Waals surface area contributed by atoms with Crippen molar-refractivity contribution in [3.05, 3.63) is 58.1 Å². The van der Waals surface area contributed by atoms with Crippen molar-refractivity contribution >= 4 is 21.6 Å². The molecule has 1 atom stereocenters. The van der Waals surface area contributed by atoms with E-state index in [2.05, 4.69) is 0 Å². The topological polar surface area (TPSA) is 70.1 Å². The summed E-state index contributed by atoms with van der Waals surface area (Å²) in [5, 5.41) is 10.1. The number of hydrogen-bond acceptors (Lipinski definition) is 5. The first kappa shape index (κ1) is 25.8. The van der Waals surface area contributed by atoms with E-state index >= 15 is 0 Å². The maximum absolute atomic E-state index is 13.0. The summed E-state index contributed by atoms with van der Waals surface area (Å²) in [4.78, 5) is 1.33. The van der Waals surface area contributed by atoms with Crippen LogP contribution in [0.2, 0.25) is 5.02 Å². The summed E-state index contributed by atoms with van der Waals surface area (Å²) in [6.07, 6.45) is -5.46. The molecule has 0 spiro atoms. The van der Waals surface area contributed by atoms with Crippen LogP contribution in [0.1, 0.15) is 16.7 Å². The molecule has 3 rings (SSSR count). The van der Waals surface area contributed by atoms with Crippen LogP contribution in [0, 0.1) is 13.8 Å². The lowest BCUT2D eigenvalue weighted by atomic mass is 10.1. The average Bonchev–Trinajstić information content (AvgIpc) is 2.73. The SMILES string of the molecule is Cc1cccc(C)c1OC[C@H](O)CN1CCN(S(=O)(=O)c2cc(C(F)(F)F)ccc2Cl)CC1. The predicted octanol–water partition coefficient (Wildman–Crippen LogP) is 3.72. The van der Waals surface area contributed by atoms with Gasteiger partial charge in [0, 0.05) is 32.7 Å². The van der Waals surface area contributed by atoms with E-state index < -0.39 is 32.8 Å². The lowest BCUT2D eigenvalue weighted by molar-refractivity contribution is -0.137. The number of sulfonamides is 1. The number of rotatable bonds is 7. The van der Waals surface area contributed by atoms with E-state index in [1.54, 1.807) is 0 Å². The zero-order valence-electron chi connectivity index (χ0n) is 18.3. The number of aliphatic hydroxyl groups is 1. The minimum atomic E-state index is -4.68. The van der Waals surface area contributed by atoms with Crippen molar-refractivity contribution in [1.29, 1.82) is 0 Å². The third-order valence-corrected chi connectivity index (χ3v) is 7.89. The molecular weight excluding hydrogens is 481 g/mol. The Kier molecular flexibility index (Phi) is 7.95. The van der Waals surface area contributed by atoms with Gasteiger partial charge in [0.1, 0.15) is 23.4 Å². The van der Waals surface area contributed by atoms with E-state index in [1.807, 2.05) is 36.9 Å². The van der Waals surface area contributed by atoms with Gasteiger partial charge in [-0.05, 0) is 43.2 Å². The molecule has 2 aromatic rings. The highest BCUT2D eigenvalue weighted by molar-refractivity contribution is 7.89. The highest BCUT2D eigenvalue weighted by Gasteiger charge is 2.35. The molecule has 2 aromatic carbocycles. The number of β-amino-alcohol motifs (C(OH)–C–C–N with tert-alkyl or cyclic N) is 1. The average molecular weight is 507 g/mol. The number of nitrogens with zero attached hydrogens (tertiary/aromatic N) is 2. The molecule has 6 nitrogen and oxygen atoms in total. The Labute approximate surface area is 196 Å². The van der Waals surface area contributed by atoms with Crippen molar-refractivity contribution in [3.8, 4) is 5.75 Å². The van der Waals surface area contributed by atoms with Gasteiger partial charge in [0.05, 0.1) is 10.6 Å². The van der Waals surface area contributed by atoms with Gasteiger partial charge < -0.3 is 9.84 Å². The molecule has 0 bridgehead atoms. The van der Waals surface area contributed by atoms with E-state index in [-0.39, 0.29) is 31.3 Å². The van der Waals surface area contributed by atoms with Crippen molar-refractivity contribution in [2.24, 2.45) is 0 Å². The largest absolute Gasteiger partial charge is 0.490 e. The number of halogens is 4. The van der Waals surface area contributed by atoms with E-state index in [4.69, 9.17) is 16.3 Å². The van der Waals surface area contributed by atoms with Gasteiger partial charge in [0.15, 0.2) is 0 Å². The van der Waals surface area contributed by atoms with Crippen molar-refractivity contribution in [1.82, 2.24) is 9.21 Å². The molecule has 33 heavy (non-hydrogen) atoms. The number of aliphatic hydroxyl groups excluding tert-OH is 1. The van der Waals surface area contributed by atoms with Crippen LogP contribution in [0.5, 0.6) is 5.75 Å². The summed E-state index contributed by atoms with van der Waals surface area (Å²) < 4.78 is 71.8. The van der Waals surface area contributed by atoms with Crippen molar-refractivity contribution in [3.63, 3.8) is 0 Å². The minimum Gasteiger partial charge on any atom is -0.490 e. The molecule has 11 heteroatoms. The number of alkyl halides is 3. The Hall–Kier alpha value is -1.85. The summed E-state index contributed by atoms with van der Waals surface area (Å²) in [5.41, 5.74) is 0.861. The number of piperazine rings is 1. The number of hydrogen-bond donors (Lipinski definition) is 1. The third-order valence-electron chi connectivity index (χ3n) is 5.51. The van der Waals surface area contributed by atoms with E-state index in [1.165, 1.54) is 0 Å². The Morgan fingerprint density at radius 1 is 1.09 bits per heavy atom. The Morgan fingerprint density at radius 2 is 1.70 bits per heavy atom. The van der Waals surface area contributed by atoms with Crippen LogP contribution in [0.25, 0.3) is 0 Å². The monoisotopic (exact) mass is 506 g/mol. The first-order valence-electron chi connectivity index (χ1n) is 10.4. The highest BCUT2D eigenvalue weighted by Crippen LogP contribution is 2.34. The van der Waals surface area contributed by atoms with Gasteiger partial charge in [0.25, 0.3) is 0 Å². The fraction of sp³-hybridized carbons (Fsp3) is 0.455.